The molecule has 0 atom stereocenters. The highest BCUT2D eigenvalue weighted by Crippen LogP contribution is 2.38. The number of aryl methyl sites for hydroxylation is 1. The molecule has 1 aromatic heterocycles. The number of fused-ring (bicyclic) bond motifs is 1. The van der Waals surface area contributed by atoms with Crippen molar-refractivity contribution in [3.63, 3.8) is 0 Å². The van der Waals surface area contributed by atoms with Crippen LogP contribution in [0.15, 0.2) is 18.2 Å². The van der Waals surface area contributed by atoms with E-state index in [-0.39, 0.29) is 18.3 Å². The number of rotatable bonds is 8. The van der Waals surface area contributed by atoms with Gasteiger partial charge in [-0.05, 0) is 56.4 Å². The minimum absolute atomic E-state index is 0.0846. The molecule has 28 heavy (non-hydrogen) atoms. The van der Waals surface area contributed by atoms with E-state index in [2.05, 4.69) is 5.32 Å². The SMILES string of the molecule is CCOC(=O)c1c(NCC(=O)c2ccc(OC)c(OC)c2)sc2c1CCCC2. The smallest absolute Gasteiger partial charge is 0.341 e. The maximum atomic E-state index is 12.7. The molecule has 0 saturated carbocycles. The molecule has 1 aromatic carbocycles. The molecule has 0 bridgehead atoms. The fourth-order valence-corrected chi connectivity index (χ4v) is 4.65. The first-order chi connectivity index (χ1) is 13.6. The van der Waals surface area contributed by atoms with Crippen molar-refractivity contribution in [2.45, 2.75) is 32.6 Å². The van der Waals surface area contributed by atoms with Gasteiger partial charge in [-0.3, -0.25) is 4.79 Å². The number of hydrogen-bond donors (Lipinski definition) is 1. The van der Waals surface area contributed by atoms with E-state index in [1.165, 1.54) is 12.0 Å². The minimum Gasteiger partial charge on any atom is -0.493 e. The number of methoxy groups -OCH3 is 2. The normalized spacial score (nSPS) is 12.8. The lowest BCUT2D eigenvalue weighted by Gasteiger charge is -2.12. The van der Waals surface area contributed by atoms with Crippen LogP contribution in [-0.4, -0.2) is 39.1 Å². The Balaban J connectivity index is 1.79. The molecule has 3 rings (SSSR count). The van der Waals surface area contributed by atoms with E-state index in [1.54, 1.807) is 43.6 Å². The lowest BCUT2D eigenvalue weighted by molar-refractivity contribution is 0.0526. The Bertz CT molecular complexity index is 874. The van der Waals surface area contributed by atoms with Crippen LogP contribution in [0.4, 0.5) is 5.00 Å². The van der Waals surface area contributed by atoms with Gasteiger partial charge in [0.2, 0.25) is 0 Å². The number of esters is 1. The minimum atomic E-state index is -0.317. The van der Waals surface area contributed by atoms with E-state index in [0.29, 0.717) is 29.2 Å². The van der Waals surface area contributed by atoms with Gasteiger partial charge in [-0.1, -0.05) is 0 Å². The second-order valence-corrected chi connectivity index (χ2v) is 7.59. The van der Waals surface area contributed by atoms with Crippen molar-refractivity contribution in [2.24, 2.45) is 0 Å². The number of thiophene rings is 1. The lowest BCUT2D eigenvalue weighted by Crippen LogP contribution is -2.16. The maximum Gasteiger partial charge on any atom is 0.341 e. The van der Waals surface area contributed by atoms with Gasteiger partial charge in [0.1, 0.15) is 5.00 Å². The summed E-state index contributed by atoms with van der Waals surface area (Å²) in [6, 6.07) is 5.07. The molecular formula is C21H25NO5S. The van der Waals surface area contributed by atoms with Crippen molar-refractivity contribution in [1.29, 1.82) is 0 Å². The average Bonchev–Trinajstić information content (AvgIpc) is 3.10. The van der Waals surface area contributed by atoms with Crippen LogP contribution in [0.25, 0.3) is 0 Å². The first-order valence-electron chi connectivity index (χ1n) is 9.39. The highest BCUT2D eigenvalue weighted by atomic mass is 32.1. The van der Waals surface area contributed by atoms with Crippen LogP contribution in [0.2, 0.25) is 0 Å². The van der Waals surface area contributed by atoms with Gasteiger partial charge in [0.05, 0.1) is 32.9 Å². The van der Waals surface area contributed by atoms with E-state index in [4.69, 9.17) is 14.2 Å². The van der Waals surface area contributed by atoms with Gasteiger partial charge >= 0.3 is 5.97 Å². The van der Waals surface area contributed by atoms with Crippen molar-refractivity contribution in [3.8, 4) is 11.5 Å². The Labute approximate surface area is 168 Å². The Morgan fingerprint density at radius 3 is 2.57 bits per heavy atom. The van der Waals surface area contributed by atoms with Crippen molar-refractivity contribution >= 4 is 28.1 Å². The van der Waals surface area contributed by atoms with E-state index in [1.807, 2.05) is 0 Å². The summed E-state index contributed by atoms with van der Waals surface area (Å²) in [4.78, 5) is 26.4. The summed E-state index contributed by atoms with van der Waals surface area (Å²) >= 11 is 1.56. The third-order valence-electron chi connectivity index (χ3n) is 4.77. The molecule has 0 spiro atoms. The number of anilines is 1. The number of nitrogens with one attached hydrogen (secondary N) is 1. The van der Waals surface area contributed by atoms with Gasteiger partial charge in [-0.15, -0.1) is 11.3 Å². The van der Waals surface area contributed by atoms with Gasteiger partial charge in [0.15, 0.2) is 17.3 Å². The van der Waals surface area contributed by atoms with Crippen molar-refractivity contribution in [1.82, 2.24) is 0 Å². The second-order valence-electron chi connectivity index (χ2n) is 6.48. The topological polar surface area (TPSA) is 73.9 Å². The molecule has 1 N–H and O–H groups in total. The van der Waals surface area contributed by atoms with E-state index < -0.39 is 0 Å². The van der Waals surface area contributed by atoms with Gasteiger partial charge in [0.25, 0.3) is 0 Å². The fraction of sp³-hybridized carbons (Fsp3) is 0.429. The summed E-state index contributed by atoms with van der Waals surface area (Å²) in [7, 11) is 3.09. The van der Waals surface area contributed by atoms with Crippen LogP contribution in [0, 0.1) is 0 Å². The first kappa shape index (κ1) is 20.2. The van der Waals surface area contributed by atoms with E-state index in [9.17, 15) is 9.59 Å². The van der Waals surface area contributed by atoms with Crippen molar-refractivity contribution < 1.29 is 23.8 Å². The van der Waals surface area contributed by atoms with Crippen molar-refractivity contribution in [3.05, 3.63) is 39.8 Å². The summed E-state index contributed by atoms with van der Waals surface area (Å²) in [5.41, 5.74) is 2.20. The quantitative estimate of drug-likeness (QED) is 0.528. The summed E-state index contributed by atoms with van der Waals surface area (Å²) < 4.78 is 15.7. The summed E-state index contributed by atoms with van der Waals surface area (Å²) in [6.45, 7) is 2.21. The summed E-state index contributed by atoms with van der Waals surface area (Å²) in [5.74, 6) is 0.666. The molecule has 1 aliphatic rings. The summed E-state index contributed by atoms with van der Waals surface area (Å²) in [6.07, 6.45) is 4.04. The molecule has 2 aromatic rings. The molecule has 0 unspecified atom stereocenters. The molecule has 150 valence electrons. The Morgan fingerprint density at radius 1 is 1.11 bits per heavy atom. The van der Waals surface area contributed by atoms with E-state index in [0.717, 1.165) is 36.2 Å². The molecule has 7 heteroatoms. The Hall–Kier alpha value is -2.54. The zero-order valence-corrected chi connectivity index (χ0v) is 17.2. The third kappa shape index (κ3) is 4.14. The van der Waals surface area contributed by atoms with Gasteiger partial charge in [-0.25, -0.2) is 4.79 Å². The second kappa shape index (κ2) is 9.10. The molecule has 0 aliphatic heterocycles. The van der Waals surface area contributed by atoms with Gasteiger partial charge in [-0.2, -0.15) is 0 Å². The number of hydrogen-bond acceptors (Lipinski definition) is 7. The molecule has 1 aliphatic carbocycles. The fourth-order valence-electron chi connectivity index (χ4n) is 3.38. The number of Topliss-reactive ketones (excluding diaryl/α,β-unsaturated/α-hetero) is 1. The number of benzene rings is 1. The summed E-state index contributed by atoms with van der Waals surface area (Å²) in [5, 5.41) is 3.89. The molecule has 0 radical (unpaired) electrons. The van der Waals surface area contributed by atoms with Gasteiger partial charge < -0.3 is 19.5 Å². The van der Waals surface area contributed by atoms with Crippen LogP contribution < -0.4 is 14.8 Å². The van der Waals surface area contributed by atoms with Crippen LogP contribution >= 0.6 is 11.3 Å². The number of ketones is 1. The number of ether oxygens (including phenoxy) is 3. The Morgan fingerprint density at radius 2 is 1.86 bits per heavy atom. The molecule has 1 heterocycles. The predicted molar refractivity (Wildman–Crippen MR) is 109 cm³/mol. The number of carbonyl (C=O) groups is 2. The van der Waals surface area contributed by atoms with Crippen LogP contribution in [0.3, 0.4) is 0 Å². The molecule has 0 fully saturated rings. The lowest BCUT2D eigenvalue weighted by atomic mass is 9.95. The largest absolute Gasteiger partial charge is 0.493 e. The average molecular weight is 404 g/mol. The highest BCUT2D eigenvalue weighted by molar-refractivity contribution is 7.16. The zero-order chi connectivity index (χ0) is 20.1. The monoisotopic (exact) mass is 403 g/mol. The maximum absolute atomic E-state index is 12.7. The molecular weight excluding hydrogens is 378 g/mol. The predicted octanol–water partition coefficient (Wildman–Crippen LogP) is 4.12. The number of carbonyl (C=O) groups excluding carboxylic acids is 2. The molecule has 0 saturated heterocycles. The third-order valence-corrected chi connectivity index (χ3v) is 6.02. The van der Waals surface area contributed by atoms with Crippen LogP contribution in [0.1, 0.15) is 50.9 Å². The highest BCUT2D eigenvalue weighted by Gasteiger charge is 2.26. The Kier molecular flexibility index (Phi) is 6.57. The van der Waals surface area contributed by atoms with Crippen LogP contribution in [0.5, 0.6) is 11.5 Å². The van der Waals surface area contributed by atoms with Crippen molar-refractivity contribution in [2.75, 3.05) is 32.7 Å². The zero-order valence-electron chi connectivity index (χ0n) is 16.4. The van der Waals surface area contributed by atoms with E-state index >= 15 is 0 Å². The van der Waals surface area contributed by atoms with Gasteiger partial charge in [0, 0.05) is 10.4 Å². The standard InChI is InChI=1S/C21H25NO5S/c1-4-27-21(24)19-14-7-5-6-8-18(14)28-20(19)22-12-15(23)13-9-10-16(25-2)17(11-13)26-3/h9-11,22H,4-8,12H2,1-3H3. The molecule has 0 amide bonds. The molecule has 6 nitrogen and oxygen atoms in total. The first-order valence-corrected chi connectivity index (χ1v) is 10.2. The van der Waals surface area contributed by atoms with Crippen LogP contribution in [-0.2, 0) is 17.6 Å².